The molecular formula is C18H17ClN6S. The number of nitrogens with zero attached hydrogens (tertiary/aromatic N) is 4. The highest BCUT2D eigenvalue weighted by atomic mass is 35.5. The van der Waals surface area contributed by atoms with Crippen molar-refractivity contribution in [1.82, 2.24) is 25.3 Å². The third-order valence-corrected chi connectivity index (χ3v) is 5.01. The van der Waals surface area contributed by atoms with Gasteiger partial charge in [0.05, 0.1) is 23.1 Å². The number of pyridine rings is 2. The van der Waals surface area contributed by atoms with Crippen LogP contribution in [0.15, 0.2) is 36.5 Å². The lowest BCUT2D eigenvalue weighted by Crippen LogP contribution is -2.46. The highest BCUT2D eigenvalue weighted by Gasteiger charge is 2.37. The van der Waals surface area contributed by atoms with Crippen LogP contribution in [0.3, 0.4) is 0 Å². The lowest BCUT2D eigenvalue weighted by Gasteiger charge is -2.30. The molecule has 3 aromatic rings. The third-order valence-electron chi connectivity index (χ3n) is 4.69. The Morgan fingerprint density at radius 3 is 2.62 bits per heavy atom. The van der Waals surface area contributed by atoms with Crippen LogP contribution in [0.2, 0.25) is 5.15 Å². The number of hydrogen-bond donors (Lipinski definition) is 2. The number of halogens is 1. The Bertz CT molecular complexity index is 986. The second-order valence-electron chi connectivity index (χ2n) is 6.42. The first-order valence-electron chi connectivity index (χ1n) is 8.41. The second kappa shape index (κ2) is 6.74. The monoisotopic (exact) mass is 384 g/mol. The Morgan fingerprint density at radius 2 is 1.88 bits per heavy atom. The molecule has 0 saturated heterocycles. The van der Waals surface area contributed by atoms with Gasteiger partial charge in [0, 0.05) is 0 Å². The van der Waals surface area contributed by atoms with Crippen LogP contribution in [0, 0.1) is 0 Å². The summed E-state index contributed by atoms with van der Waals surface area (Å²) in [6.07, 6.45) is 5.76. The molecule has 0 unspecified atom stereocenters. The Morgan fingerprint density at radius 1 is 1.08 bits per heavy atom. The molecule has 132 valence electrons. The summed E-state index contributed by atoms with van der Waals surface area (Å²) in [7, 11) is 0. The summed E-state index contributed by atoms with van der Waals surface area (Å²) in [6, 6.07) is 9.31. The SMILES string of the molecule is NC(=S)NC1(c2ccc3ncc(-c4cccc(Cl)n4)nc3n2)CCCC1. The van der Waals surface area contributed by atoms with Gasteiger partial charge in [0.25, 0.3) is 0 Å². The summed E-state index contributed by atoms with van der Waals surface area (Å²) in [5.41, 5.74) is 8.91. The van der Waals surface area contributed by atoms with Crippen LogP contribution in [-0.4, -0.2) is 25.0 Å². The fourth-order valence-corrected chi connectivity index (χ4v) is 3.86. The summed E-state index contributed by atoms with van der Waals surface area (Å²) in [6.45, 7) is 0. The minimum Gasteiger partial charge on any atom is -0.376 e. The maximum absolute atomic E-state index is 5.98. The van der Waals surface area contributed by atoms with E-state index < -0.39 is 0 Å². The number of hydrogen-bond acceptors (Lipinski definition) is 5. The van der Waals surface area contributed by atoms with Gasteiger partial charge in [-0.05, 0) is 49.3 Å². The molecule has 0 atom stereocenters. The van der Waals surface area contributed by atoms with Crippen LogP contribution in [0.5, 0.6) is 0 Å². The van der Waals surface area contributed by atoms with Crippen molar-refractivity contribution < 1.29 is 0 Å². The maximum atomic E-state index is 5.98. The number of rotatable bonds is 3. The molecule has 0 spiro atoms. The molecule has 1 fully saturated rings. The number of fused-ring (bicyclic) bond motifs is 1. The van der Waals surface area contributed by atoms with Crippen molar-refractivity contribution in [1.29, 1.82) is 0 Å². The first kappa shape index (κ1) is 17.1. The van der Waals surface area contributed by atoms with Gasteiger partial charge in [0.1, 0.15) is 16.4 Å². The Kier molecular flexibility index (Phi) is 4.42. The average Bonchev–Trinajstić information content (AvgIpc) is 3.09. The minimum atomic E-state index is -0.327. The second-order valence-corrected chi connectivity index (χ2v) is 7.25. The van der Waals surface area contributed by atoms with Crippen molar-refractivity contribution in [2.24, 2.45) is 5.73 Å². The smallest absolute Gasteiger partial charge is 0.179 e. The largest absolute Gasteiger partial charge is 0.376 e. The van der Waals surface area contributed by atoms with Crippen molar-refractivity contribution in [2.45, 2.75) is 31.2 Å². The van der Waals surface area contributed by atoms with E-state index in [2.05, 4.69) is 20.3 Å². The van der Waals surface area contributed by atoms with Crippen LogP contribution >= 0.6 is 23.8 Å². The topological polar surface area (TPSA) is 89.6 Å². The summed E-state index contributed by atoms with van der Waals surface area (Å²) in [5, 5.41) is 3.96. The van der Waals surface area contributed by atoms with Gasteiger partial charge in [-0.15, -0.1) is 0 Å². The fourth-order valence-electron chi connectivity index (χ4n) is 3.50. The standard InChI is InChI=1S/C18H17ClN6S/c19-15-5-3-4-11(22-15)13-10-21-12-6-7-14(24-16(12)23-13)18(25-17(20)26)8-1-2-9-18/h3-7,10H,1-2,8-9H2,(H3,20,25,26). The molecule has 0 bridgehead atoms. The van der Waals surface area contributed by atoms with Crippen LogP contribution in [-0.2, 0) is 5.54 Å². The summed E-state index contributed by atoms with van der Waals surface area (Å²) < 4.78 is 0. The van der Waals surface area contributed by atoms with Gasteiger partial charge in [0.2, 0.25) is 0 Å². The quantitative estimate of drug-likeness (QED) is 0.528. The van der Waals surface area contributed by atoms with Crippen molar-refractivity contribution in [3.05, 3.63) is 47.4 Å². The summed E-state index contributed by atoms with van der Waals surface area (Å²) in [5.74, 6) is 0. The molecule has 26 heavy (non-hydrogen) atoms. The summed E-state index contributed by atoms with van der Waals surface area (Å²) in [4.78, 5) is 18.2. The lowest BCUT2D eigenvalue weighted by molar-refractivity contribution is 0.396. The molecule has 8 heteroatoms. The molecule has 0 amide bonds. The van der Waals surface area contributed by atoms with E-state index in [4.69, 9.17) is 34.5 Å². The molecule has 0 aliphatic heterocycles. The zero-order valence-electron chi connectivity index (χ0n) is 13.9. The predicted octanol–water partition coefficient (Wildman–Crippen LogP) is 3.34. The van der Waals surface area contributed by atoms with Gasteiger partial charge in [-0.25, -0.2) is 15.0 Å². The van der Waals surface area contributed by atoms with Gasteiger partial charge in [-0.1, -0.05) is 30.5 Å². The Hall–Kier alpha value is -2.38. The van der Waals surface area contributed by atoms with Crippen molar-refractivity contribution >= 4 is 40.1 Å². The highest BCUT2D eigenvalue weighted by Crippen LogP contribution is 2.38. The molecule has 3 heterocycles. The molecule has 4 rings (SSSR count). The van der Waals surface area contributed by atoms with Gasteiger partial charge in [0.15, 0.2) is 10.8 Å². The van der Waals surface area contributed by atoms with Crippen LogP contribution < -0.4 is 11.1 Å². The first-order valence-corrected chi connectivity index (χ1v) is 9.19. The van der Waals surface area contributed by atoms with Gasteiger partial charge in [-0.2, -0.15) is 0 Å². The Labute approximate surface area is 161 Å². The number of aromatic nitrogens is 4. The molecule has 3 aromatic heterocycles. The Balaban J connectivity index is 1.79. The minimum absolute atomic E-state index is 0.289. The van der Waals surface area contributed by atoms with E-state index in [1.54, 1.807) is 12.3 Å². The van der Waals surface area contributed by atoms with Crippen LogP contribution in [0.1, 0.15) is 31.4 Å². The van der Waals surface area contributed by atoms with Crippen molar-refractivity contribution in [3.63, 3.8) is 0 Å². The van der Waals surface area contributed by atoms with E-state index in [0.29, 0.717) is 22.2 Å². The maximum Gasteiger partial charge on any atom is 0.179 e. The normalized spacial score (nSPS) is 15.9. The van der Waals surface area contributed by atoms with Crippen molar-refractivity contribution in [3.8, 4) is 11.4 Å². The molecule has 0 radical (unpaired) electrons. The van der Waals surface area contributed by atoms with Gasteiger partial charge in [-0.3, -0.25) is 4.98 Å². The van der Waals surface area contributed by atoms with Crippen LogP contribution in [0.25, 0.3) is 22.6 Å². The van der Waals surface area contributed by atoms with Crippen molar-refractivity contribution in [2.75, 3.05) is 0 Å². The predicted molar refractivity (Wildman–Crippen MR) is 106 cm³/mol. The molecule has 1 saturated carbocycles. The number of thiocarbonyl (C=S) groups is 1. The molecule has 0 aromatic carbocycles. The third kappa shape index (κ3) is 3.20. The van der Waals surface area contributed by atoms with E-state index in [1.807, 2.05) is 24.3 Å². The van der Waals surface area contributed by atoms with E-state index >= 15 is 0 Å². The summed E-state index contributed by atoms with van der Waals surface area (Å²) >= 11 is 11.1. The number of nitrogens with one attached hydrogen (secondary N) is 1. The van der Waals surface area contributed by atoms with Crippen LogP contribution in [0.4, 0.5) is 0 Å². The van der Waals surface area contributed by atoms with E-state index in [-0.39, 0.29) is 10.7 Å². The zero-order valence-corrected chi connectivity index (χ0v) is 15.5. The highest BCUT2D eigenvalue weighted by molar-refractivity contribution is 7.80. The fraction of sp³-hybridized carbons (Fsp3) is 0.278. The molecule has 1 aliphatic rings. The molecular weight excluding hydrogens is 368 g/mol. The molecule has 3 N–H and O–H groups in total. The van der Waals surface area contributed by atoms with Gasteiger partial charge < -0.3 is 11.1 Å². The molecule has 1 aliphatic carbocycles. The number of nitrogens with two attached hydrogens (primary N) is 1. The average molecular weight is 385 g/mol. The van der Waals surface area contributed by atoms with Gasteiger partial charge >= 0.3 is 0 Å². The first-order chi connectivity index (χ1) is 12.6. The lowest BCUT2D eigenvalue weighted by atomic mass is 9.92. The van der Waals surface area contributed by atoms with E-state index in [0.717, 1.165) is 36.9 Å². The van der Waals surface area contributed by atoms with E-state index in [1.165, 1.54) is 0 Å². The van der Waals surface area contributed by atoms with E-state index in [9.17, 15) is 0 Å². The molecule has 6 nitrogen and oxygen atoms in total. The zero-order chi connectivity index (χ0) is 18.1.